The Labute approximate surface area is 109 Å². The number of carbonyl (C=O) groups excluding carboxylic acids is 1. The van der Waals surface area contributed by atoms with Gasteiger partial charge in [0.1, 0.15) is 11.5 Å². The molecule has 1 aromatic carbocycles. The second-order valence-corrected chi connectivity index (χ2v) is 4.53. The fourth-order valence-corrected chi connectivity index (χ4v) is 1.88. The molecular formula is C15H22O3. The molecule has 100 valence electrons. The van der Waals surface area contributed by atoms with Crippen molar-refractivity contribution >= 4 is 5.78 Å². The molecule has 18 heavy (non-hydrogen) atoms. The van der Waals surface area contributed by atoms with E-state index >= 15 is 0 Å². The first-order chi connectivity index (χ1) is 8.65. The normalized spacial score (nSPS) is 12.2. The second kappa shape index (κ2) is 7.88. The van der Waals surface area contributed by atoms with Gasteiger partial charge in [0.05, 0.1) is 13.2 Å². The van der Waals surface area contributed by atoms with Crippen LogP contribution in [0.15, 0.2) is 24.3 Å². The molecule has 0 aromatic heterocycles. The Bertz CT molecular complexity index is 357. The maximum Gasteiger partial charge on any atom is 0.135 e. The maximum absolute atomic E-state index is 11.6. The molecule has 0 saturated heterocycles. The number of ketones is 1. The highest BCUT2D eigenvalue weighted by Crippen LogP contribution is 2.13. The topological polar surface area (TPSA) is 46.5 Å². The zero-order valence-corrected chi connectivity index (χ0v) is 11.2. The van der Waals surface area contributed by atoms with Crippen LogP contribution in [0.4, 0.5) is 0 Å². The number of hydrogen-bond acceptors (Lipinski definition) is 3. The molecule has 0 radical (unpaired) electrons. The fourth-order valence-electron chi connectivity index (χ4n) is 1.88. The predicted molar refractivity (Wildman–Crippen MR) is 71.9 cm³/mol. The summed E-state index contributed by atoms with van der Waals surface area (Å²) >= 11 is 0. The summed E-state index contributed by atoms with van der Waals surface area (Å²) < 4.78 is 5.07. The van der Waals surface area contributed by atoms with Crippen molar-refractivity contribution in [3.8, 4) is 5.75 Å². The smallest absolute Gasteiger partial charge is 0.135 e. The minimum Gasteiger partial charge on any atom is -0.497 e. The van der Waals surface area contributed by atoms with Crippen molar-refractivity contribution in [1.82, 2.24) is 0 Å². The molecule has 0 saturated carbocycles. The zero-order chi connectivity index (χ0) is 13.4. The van der Waals surface area contributed by atoms with Gasteiger partial charge in [-0.05, 0) is 30.5 Å². The van der Waals surface area contributed by atoms with Crippen LogP contribution < -0.4 is 4.74 Å². The van der Waals surface area contributed by atoms with Crippen molar-refractivity contribution in [2.45, 2.75) is 45.1 Å². The van der Waals surface area contributed by atoms with Gasteiger partial charge in [0.15, 0.2) is 0 Å². The summed E-state index contributed by atoms with van der Waals surface area (Å²) in [5.41, 5.74) is 1.12. The van der Waals surface area contributed by atoms with Crippen molar-refractivity contribution in [2.75, 3.05) is 7.11 Å². The lowest BCUT2D eigenvalue weighted by atomic mass is 10.0. The molecular weight excluding hydrogens is 228 g/mol. The Hall–Kier alpha value is -1.35. The quantitative estimate of drug-likeness (QED) is 0.771. The molecule has 1 atom stereocenters. The van der Waals surface area contributed by atoms with Crippen molar-refractivity contribution in [3.05, 3.63) is 29.8 Å². The minimum atomic E-state index is -0.474. The Morgan fingerprint density at radius 1 is 1.33 bits per heavy atom. The number of hydrogen-bond donors (Lipinski definition) is 1. The van der Waals surface area contributed by atoms with E-state index < -0.39 is 6.10 Å². The third kappa shape index (κ3) is 5.32. The van der Waals surface area contributed by atoms with Gasteiger partial charge in [0.25, 0.3) is 0 Å². The summed E-state index contributed by atoms with van der Waals surface area (Å²) in [6.45, 7) is 2.01. The van der Waals surface area contributed by atoms with Crippen molar-refractivity contribution in [1.29, 1.82) is 0 Å². The average molecular weight is 250 g/mol. The average Bonchev–Trinajstić information content (AvgIpc) is 2.37. The Morgan fingerprint density at radius 2 is 2.00 bits per heavy atom. The summed E-state index contributed by atoms with van der Waals surface area (Å²) in [7, 11) is 1.63. The number of methoxy groups -OCH3 is 1. The van der Waals surface area contributed by atoms with Gasteiger partial charge in [-0.2, -0.15) is 0 Å². The molecule has 3 nitrogen and oxygen atoms in total. The van der Waals surface area contributed by atoms with Crippen LogP contribution in [0.5, 0.6) is 5.75 Å². The first-order valence-electron chi connectivity index (χ1n) is 6.48. The van der Waals surface area contributed by atoms with Crippen LogP contribution in [-0.2, 0) is 11.2 Å². The highest BCUT2D eigenvalue weighted by Gasteiger charge is 2.09. The highest BCUT2D eigenvalue weighted by atomic mass is 16.5. The number of aryl methyl sites for hydroxylation is 1. The fraction of sp³-hybridized carbons (Fsp3) is 0.533. The molecule has 0 bridgehead atoms. The standard InChI is InChI=1S/C15H22O3/c1-3-4-13(16)11-14(17)8-5-12-6-9-15(18-2)10-7-12/h6-7,9-10,13,16H,3-5,8,11H2,1-2H3. The third-order valence-corrected chi connectivity index (χ3v) is 2.94. The Morgan fingerprint density at radius 3 is 2.56 bits per heavy atom. The van der Waals surface area contributed by atoms with Crippen LogP contribution >= 0.6 is 0 Å². The molecule has 0 aliphatic rings. The van der Waals surface area contributed by atoms with E-state index in [1.807, 2.05) is 31.2 Å². The minimum absolute atomic E-state index is 0.131. The van der Waals surface area contributed by atoms with Gasteiger partial charge >= 0.3 is 0 Å². The molecule has 1 aromatic rings. The van der Waals surface area contributed by atoms with Gasteiger partial charge in [0.2, 0.25) is 0 Å². The molecule has 1 rings (SSSR count). The number of ether oxygens (including phenoxy) is 1. The Balaban J connectivity index is 2.33. The van der Waals surface area contributed by atoms with Gasteiger partial charge in [0, 0.05) is 12.8 Å². The molecule has 1 N–H and O–H groups in total. The summed E-state index contributed by atoms with van der Waals surface area (Å²) in [6.07, 6.45) is 2.64. The van der Waals surface area contributed by atoms with E-state index in [1.54, 1.807) is 7.11 Å². The number of carbonyl (C=O) groups is 1. The van der Waals surface area contributed by atoms with Gasteiger partial charge in [-0.3, -0.25) is 4.79 Å². The second-order valence-electron chi connectivity index (χ2n) is 4.53. The summed E-state index contributed by atoms with van der Waals surface area (Å²) in [6, 6.07) is 7.72. The molecule has 1 unspecified atom stereocenters. The van der Waals surface area contributed by atoms with E-state index in [1.165, 1.54) is 0 Å². The van der Waals surface area contributed by atoms with Gasteiger partial charge in [-0.1, -0.05) is 25.5 Å². The number of rotatable bonds is 8. The van der Waals surface area contributed by atoms with Crippen molar-refractivity contribution in [3.63, 3.8) is 0 Å². The van der Waals surface area contributed by atoms with Gasteiger partial charge < -0.3 is 9.84 Å². The molecule has 0 spiro atoms. The Kier molecular flexibility index (Phi) is 6.44. The lowest BCUT2D eigenvalue weighted by Crippen LogP contribution is -2.13. The maximum atomic E-state index is 11.6. The molecule has 0 aliphatic carbocycles. The van der Waals surface area contributed by atoms with Crippen molar-refractivity contribution in [2.24, 2.45) is 0 Å². The third-order valence-electron chi connectivity index (χ3n) is 2.94. The first kappa shape index (κ1) is 14.7. The van der Waals surface area contributed by atoms with Crippen LogP contribution in [0.3, 0.4) is 0 Å². The molecule has 0 aliphatic heterocycles. The number of aliphatic hydroxyl groups is 1. The predicted octanol–water partition coefficient (Wildman–Crippen LogP) is 2.75. The lowest BCUT2D eigenvalue weighted by Gasteiger charge is -2.08. The monoisotopic (exact) mass is 250 g/mol. The van der Waals surface area contributed by atoms with E-state index in [9.17, 15) is 9.90 Å². The SMILES string of the molecule is CCCC(O)CC(=O)CCc1ccc(OC)cc1. The highest BCUT2D eigenvalue weighted by molar-refractivity contribution is 5.79. The zero-order valence-electron chi connectivity index (χ0n) is 11.2. The van der Waals surface area contributed by atoms with Gasteiger partial charge in [-0.25, -0.2) is 0 Å². The van der Waals surface area contributed by atoms with Crippen LogP contribution in [-0.4, -0.2) is 24.1 Å². The van der Waals surface area contributed by atoms with Crippen LogP contribution in [0, 0.1) is 0 Å². The van der Waals surface area contributed by atoms with E-state index in [4.69, 9.17) is 4.74 Å². The number of Topliss-reactive ketones (excluding diaryl/α,β-unsaturated/α-hetero) is 1. The van der Waals surface area contributed by atoms with Crippen molar-refractivity contribution < 1.29 is 14.6 Å². The molecule has 0 amide bonds. The van der Waals surface area contributed by atoms with E-state index in [2.05, 4.69) is 0 Å². The van der Waals surface area contributed by atoms with Gasteiger partial charge in [-0.15, -0.1) is 0 Å². The first-order valence-corrected chi connectivity index (χ1v) is 6.48. The summed E-state index contributed by atoms with van der Waals surface area (Å²) in [5, 5.41) is 9.55. The molecule has 0 heterocycles. The number of benzene rings is 1. The van der Waals surface area contributed by atoms with Crippen LogP contribution in [0.2, 0.25) is 0 Å². The van der Waals surface area contributed by atoms with Crippen LogP contribution in [0.25, 0.3) is 0 Å². The van der Waals surface area contributed by atoms with E-state index in [0.717, 1.165) is 24.2 Å². The lowest BCUT2D eigenvalue weighted by molar-refractivity contribution is -0.121. The number of aliphatic hydroxyl groups excluding tert-OH is 1. The molecule has 3 heteroatoms. The van der Waals surface area contributed by atoms with E-state index in [0.29, 0.717) is 12.8 Å². The van der Waals surface area contributed by atoms with Crippen LogP contribution in [0.1, 0.15) is 38.2 Å². The summed E-state index contributed by atoms with van der Waals surface area (Å²) in [4.78, 5) is 11.6. The summed E-state index contributed by atoms with van der Waals surface area (Å²) in [5.74, 6) is 0.954. The largest absolute Gasteiger partial charge is 0.497 e. The van der Waals surface area contributed by atoms with E-state index in [-0.39, 0.29) is 12.2 Å². The molecule has 0 fully saturated rings.